The summed E-state index contributed by atoms with van der Waals surface area (Å²) in [7, 11) is 0. The van der Waals surface area contributed by atoms with E-state index >= 15 is 0 Å². The van der Waals surface area contributed by atoms with Gasteiger partial charge in [0.25, 0.3) is 5.24 Å². The van der Waals surface area contributed by atoms with Gasteiger partial charge in [0.15, 0.2) is 0 Å². The molecule has 0 aromatic rings. The van der Waals surface area contributed by atoms with Crippen LogP contribution in [0.4, 0.5) is 4.79 Å². The molecule has 110 valence electrons. The van der Waals surface area contributed by atoms with Crippen molar-refractivity contribution in [1.82, 2.24) is 15.5 Å². The van der Waals surface area contributed by atoms with E-state index in [0.29, 0.717) is 11.8 Å². The quantitative estimate of drug-likeness (QED) is 0.820. The van der Waals surface area contributed by atoms with Crippen molar-refractivity contribution in [3.63, 3.8) is 0 Å². The summed E-state index contributed by atoms with van der Waals surface area (Å²) in [6.07, 6.45) is 2.99. The lowest BCUT2D eigenvalue weighted by Gasteiger charge is -2.35. The number of halogens is 1. The highest BCUT2D eigenvalue weighted by molar-refractivity contribution is 8.14. The van der Waals surface area contributed by atoms with E-state index in [1.165, 1.54) is 11.8 Å². The predicted molar refractivity (Wildman–Crippen MR) is 79.9 cm³/mol. The van der Waals surface area contributed by atoms with Gasteiger partial charge in [0.05, 0.1) is 0 Å². The Balaban J connectivity index is 0.00000180. The molecule has 0 aliphatic carbocycles. The monoisotopic (exact) mass is 307 g/mol. The van der Waals surface area contributed by atoms with Gasteiger partial charge in [0, 0.05) is 18.3 Å². The second-order valence-electron chi connectivity index (χ2n) is 4.81. The van der Waals surface area contributed by atoms with E-state index in [4.69, 9.17) is 0 Å². The van der Waals surface area contributed by atoms with Crippen LogP contribution in [0.2, 0.25) is 0 Å². The Morgan fingerprint density at radius 3 is 2.63 bits per heavy atom. The Hall–Kier alpha value is -0.460. The molecule has 0 aromatic heterocycles. The topological polar surface area (TPSA) is 61.4 Å². The van der Waals surface area contributed by atoms with E-state index in [-0.39, 0.29) is 29.6 Å². The minimum atomic E-state index is -0.316. The number of hydrogen-bond donors (Lipinski definition) is 2. The molecule has 0 aromatic carbocycles. The van der Waals surface area contributed by atoms with E-state index in [0.717, 1.165) is 38.9 Å². The lowest BCUT2D eigenvalue weighted by Crippen LogP contribution is -2.52. The zero-order valence-electron chi connectivity index (χ0n) is 11.2. The molecule has 2 fully saturated rings. The maximum atomic E-state index is 12.5. The first kappa shape index (κ1) is 16.6. The summed E-state index contributed by atoms with van der Waals surface area (Å²) in [5.41, 5.74) is 0. The van der Waals surface area contributed by atoms with Crippen molar-refractivity contribution < 1.29 is 9.59 Å². The third-order valence-corrected chi connectivity index (χ3v) is 4.35. The van der Waals surface area contributed by atoms with Gasteiger partial charge in [-0.1, -0.05) is 18.7 Å². The van der Waals surface area contributed by atoms with Gasteiger partial charge in [-0.05, 0) is 32.4 Å². The zero-order valence-corrected chi connectivity index (χ0v) is 12.8. The molecule has 7 heteroatoms. The second kappa shape index (κ2) is 7.97. The van der Waals surface area contributed by atoms with Crippen LogP contribution in [0.25, 0.3) is 0 Å². The molecule has 2 aliphatic rings. The SMILES string of the molecule is CCCN(C(=O)[C@@H]1CSC(=O)N1)C1CCNCC1.Cl. The molecule has 1 atom stereocenters. The van der Waals surface area contributed by atoms with Crippen LogP contribution in [0.1, 0.15) is 26.2 Å². The lowest BCUT2D eigenvalue weighted by atomic mass is 10.0. The Labute approximate surface area is 124 Å². The van der Waals surface area contributed by atoms with Crippen LogP contribution < -0.4 is 10.6 Å². The molecular weight excluding hydrogens is 286 g/mol. The number of nitrogens with zero attached hydrogens (tertiary/aromatic N) is 1. The number of carbonyl (C=O) groups is 2. The van der Waals surface area contributed by atoms with Crippen LogP contribution in [0.3, 0.4) is 0 Å². The largest absolute Gasteiger partial charge is 0.338 e. The van der Waals surface area contributed by atoms with E-state index < -0.39 is 0 Å². The molecule has 2 rings (SSSR count). The summed E-state index contributed by atoms with van der Waals surface area (Å²) in [4.78, 5) is 25.6. The molecule has 2 heterocycles. The highest BCUT2D eigenvalue weighted by atomic mass is 35.5. The molecule has 0 saturated carbocycles. The third-order valence-electron chi connectivity index (χ3n) is 3.47. The fourth-order valence-electron chi connectivity index (χ4n) is 2.55. The standard InChI is InChI=1S/C12H21N3O2S.ClH/c1-2-7-15(9-3-5-13-6-4-9)11(16)10-8-18-12(17)14-10;/h9-10,13H,2-8H2,1H3,(H,14,17);1H/t10-;/m0./s1. The van der Waals surface area contributed by atoms with Gasteiger partial charge in [-0.15, -0.1) is 12.4 Å². The molecule has 0 unspecified atom stereocenters. The summed E-state index contributed by atoms with van der Waals surface area (Å²) in [6.45, 7) is 4.83. The Morgan fingerprint density at radius 1 is 1.42 bits per heavy atom. The number of thioether (sulfide) groups is 1. The summed E-state index contributed by atoms with van der Waals surface area (Å²) in [5.74, 6) is 0.671. The first-order valence-corrected chi connectivity index (χ1v) is 7.65. The van der Waals surface area contributed by atoms with Crippen LogP contribution >= 0.6 is 24.2 Å². The maximum absolute atomic E-state index is 12.5. The molecule has 0 radical (unpaired) electrons. The minimum absolute atomic E-state index is 0. The molecule has 2 aliphatic heterocycles. The fourth-order valence-corrected chi connectivity index (χ4v) is 3.32. The number of nitrogens with one attached hydrogen (secondary N) is 2. The lowest BCUT2D eigenvalue weighted by molar-refractivity contribution is -0.135. The van der Waals surface area contributed by atoms with Crippen molar-refractivity contribution in [2.45, 2.75) is 38.3 Å². The number of rotatable bonds is 4. The Bertz CT molecular complexity index is 324. The van der Waals surface area contributed by atoms with Gasteiger partial charge in [-0.2, -0.15) is 0 Å². The van der Waals surface area contributed by atoms with Gasteiger partial charge in [0.2, 0.25) is 5.91 Å². The molecule has 2 N–H and O–H groups in total. The summed E-state index contributed by atoms with van der Waals surface area (Å²) in [6, 6.07) is 0.0186. The summed E-state index contributed by atoms with van der Waals surface area (Å²) in [5, 5.41) is 5.99. The average molecular weight is 308 g/mol. The molecular formula is C12H22ClN3O2S. The van der Waals surface area contributed by atoms with Gasteiger partial charge in [-0.25, -0.2) is 0 Å². The number of hydrogen-bond acceptors (Lipinski definition) is 4. The smallest absolute Gasteiger partial charge is 0.279 e. The fraction of sp³-hybridized carbons (Fsp3) is 0.833. The van der Waals surface area contributed by atoms with Gasteiger partial charge in [0.1, 0.15) is 6.04 Å². The minimum Gasteiger partial charge on any atom is -0.338 e. The van der Waals surface area contributed by atoms with E-state index in [2.05, 4.69) is 17.6 Å². The molecule has 0 spiro atoms. The highest BCUT2D eigenvalue weighted by Crippen LogP contribution is 2.19. The van der Waals surface area contributed by atoms with Crippen LogP contribution in [-0.2, 0) is 4.79 Å². The highest BCUT2D eigenvalue weighted by Gasteiger charge is 2.34. The summed E-state index contributed by atoms with van der Waals surface area (Å²) >= 11 is 1.21. The van der Waals surface area contributed by atoms with Crippen molar-refractivity contribution in [2.24, 2.45) is 0 Å². The first-order valence-electron chi connectivity index (χ1n) is 6.67. The van der Waals surface area contributed by atoms with E-state index in [1.807, 2.05) is 4.90 Å². The van der Waals surface area contributed by atoms with Gasteiger partial charge >= 0.3 is 0 Å². The Morgan fingerprint density at radius 2 is 2.11 bits per heavy atom. The Kier molecular flexibility index (Phi) is 6.96. The molecule has 5 nitrogen and oxygen atoms in total. The third kappa shape index (κ3) is 4.26. The second-order valence-corrected chi connectivity index (χ2v) is 5.80. The van der Waals surface area contributed by atoms with Crippen molar-refractivity contribution in [1.29, 1.82) is 0 Å². The maximum Gasteiger partial charge on any atom is 0.279 e. The van der Waals surface area contributed by atoms with Crippen LogP contribution in [-0.4, -0.2) is 53.5 Å². The van der Waals surface area contributed by atoms with Crippen molar-refractivity contribution in [3.8, 4) is 0 Å². The molecule has 2 amide bonds. The van der Waals surface area contributed by atoms with Crippen molar-refractivity contribution in [3.05, 3.63) is 0 Å². The predicted octanol–water partition coefficient (Wildman–Crippen LogP) is 1.22. The van der Waals surface area contributed by atoms with Crippen LogP contribution in [0.5, 0.6) is 0 Å². The van der Waals surface area contributed by atoms with Crippen LogP contribution in [0, 0.1) is 0 Å². The van der Waals surface area contributed by atoms with E-state index in [1.54, 1.807) is 0 Å². The number of carbonyl (C=O) groups excluding carboxylic acids is 2. The van der Waals surface area contributed by atoms with Crippen molar-refractivity contribution >= 4 is 35.3 Å². The zero-order chi connectivity index (χ0) is 13.0. The van der Waals surface area contributed by atoms with Gasteiger partial charge < -0.3 is 15.5 Å². The first-order chi connectivity index (χ1) is 8.72. The number of amides is 2. The average Bonchev–Trinajstić information content (AvgIpc) is 2.83. The van der Waals surface area contributed by atoms with Gasteiger partial charge in [-0.3, -0.25) is 9.59 Å². The summed E-state index contributed by atoms with van der Waals surface area (Å²) < 4.78 is 0. The van der Waals surface area contributed by atoms with Crippen LogP contribution in [0.15, 0.2) is 0 Å². The van der Waals surface area contributed by atoms with E-state index in [9.17, 15) is 9.59 Å². The van der Waals surface area contributed by atoms with Crippen molar-refractivity contribution in [2.75, 3.05) is 25.4 Å². The number of piperidine rings is 1. The molecule has 0 bridgehead atoms. The normalized spacial score (nSPS) is 23.6. The molecule has 2 saturated heterocycles. The molecule has 19 heavy (non-hydrogen) atoms.